The van der Waals surface area contributed by atoms with Gasteiger partial charge in [-0.25, -0.2) is 4.39 Å². The Labute approximate surface area is 80.5 Å². The van der Waals surface area contributed by atoms with E-state index in [1.165, 1.54) is 12.1 Å². The maximum atomic E-state index is 13.4. The zero-order chi connectivity index (χ0) is 10.7. The van der Waals surface area contributed by atoms with E-state index in [9.17, 15) is 13.2 Å². The summed E-state index contributed by atoms with van der Waals surface area (Å²) in [6.07, 6.45) is 0. The molecule has 0 fully saturated rings. The van der Waals surface area contributed by atoms with Crippen LogP contribution >= 0.6 is 0 Å². The summed E-state index contributed by atoms with van der Waals surface area (Å²) in [6, 6.07) is 4.24. The quantitative estimate of drug-likeness (QED) is 0.731. The van der Waals surface area contributed by atoms with Crippen LogP contribution in [0.5, 0.6) is 5.75 Å². The molecule has 0 unspecified atom stereocenters. The van der Waals surface area contributed by atoms with Gasteiger partial charge >= 0.3 is 6.61 Å². The van der Waals surface area contributed by atoms with E-state index in [4.69, 9.17) is 0 Å². The lowest BCUT2D eigenvalue weighted by molar-refractivity contribution is -0.0522. The predicted molar refractivity (Wildman–Crippen MR) is 47.1 cm³/mol. The molecule has 0 aliphatic heterocycles. The van der Waals surface area contributed by atoms with E-state index in [1.54, 1.807) is 19.9 Å². The van der Waals surface area contributed by atoms with Crippen molar-refractivity contribution in [2.75, 3.05) is 0 Å². The Hall–Kier alpha value is -1.19. The molecule has 4 heteroatoms. The van der Waals surface area contributed by atoms with Gasteiger partial charge in [-0.15, -0.1) is 0 Å². The molecule has 0 N–H and O–H groups in total. The summed E-state index contributed by atoms with van der Waals surface area (Å²) in [5, 5.41) is 0. The van der Waals surface area contributed by atoms with Gasteiger partial charge in [0.15, 0.2) is 11.6 Å². The molecule has 0 bridgehead atoms. The van der Waals surface area contributed by atoms with Gasteiger partial charge in [0, 0.05) is 0 Å². The molecule has 0 radical (unpaired) electrons. The van der Waals surface area contributed by atoms with Crippen molar-refractivity contribution in [2.45, 2.75) is 26.4 Å². The van der Waals surface area contributed by atoms with Crippen LogP contribution in [0.4, 0.5) is 13.2 Å². The van der Waals surface area contributed by atoms with Crippen molar-refractivity contribution < 1.29 is 17.9 Å². The van der Waals surface area contributed by atoms with Crippen molar-refractivity contribution in [1.82, 2.24) is 0 Å². The molecule has 0 amide bonds. The summed E-state index contributed by atoms with van der Waals surface area (Å²) in [5.41, 5.74) is 0.378. The van der Waals surface area contributed by atoms with E-state index in [2.05, 4.69) is 4.74 Å². The molecule has 0 aliphatic carbocycles. The second-order valence-corrected chi connectivity index (χ2v) is 3.19. The molecule has 0 heterocycles. The van der Waals surface area contributed by atoms with Crippen LogP contribution in [0, 0.1) is 5.82 Å². The smallest absolute Gasteiger partial charge is 0.387 e. The molecule has 0 aliphatic rings. The van der Waals surface area contributed by atoms with Crippen molar-refractivity contribution in [3.05, 3.63) is 29.6 Å². The van der Waals surface area contributed by atoms with Crippen LogP contribution in [0.25, 0.3) is 0 Å². The molecular formula is C10H11F3O. The average Bonchev–Trinajstić information content (AvgIpc) is 2.07. The van der Waals surface area contributed by atoms with Crippen LogP contribution in [0.2, 0.25) is 0 Å². The van der Waals surface area contributed by atoms with Crippen molar-refractivity contribution in [1.29, 1.82) is 0 Å². The Bertz CT molecular complexity index is 310. The topological polar surface area (TPSA) is 9.23 Å². The molecule has 1 nitrogen and oxygen atoms in total. The molecule has 1 rings (SSSR count). The summed E-state index contributed by atoms with van der Waals surface area (Å²) in [6.45, 7) is 0.571. The van der Waals surface area contributed by atoms with Crippen molar-refractivity contribution in [3.8, 4) is 5.75 Å². The molecular weight excluding hydrogens is 193 g/mol. The summed E-state index contributed by atoms with van der Waals surface area (Å²) in [7, 11) is 0. The summed E-state index contributed by atoms with van der Waals surface area (Å²) in [4.78, 5) is 0. The average molecular weight is 204 g/mol. The lowest BCUT2D eigenvalue weighted by atomic mass is 10.0. The fraction of sp³-hybridized carbons (Fsp3) is 0.400. The van der Waals surface area contributed by atoms with Crippen molar-refractivity contribution in [2.24, 2.45) is 0 Å². The largest absolute Gasteiger partial charge is 0.432 e. The van der Waals surface area contributed by atoms with Gasteiger partial charge in [-0.2, -0.15) is 8.78 Å². The van der Waals surface area contributed by atoms with Crippen LogP contribution in [-0.2, 0) is 0 Å². The fourth-order valence-corrected chi connectivity index (χ4v) is 1.16. The number of benzene rings is 1. The van der Waals surface area contributed by atoms with Crippen molar-refractivity contribution in [3.63, 3.8) is 0 Å². The van der Waals surface area contributed by atoms with E-state index < -0.39 is 18.2 Å². The van der Waals surface area contributed by atoms with Crippen LogP contribution in [-0.4, -0.2) is 6.61 Å². The second-order valence-electron chi connectivity index (χ2n) is 3.19. The SMILES string of the molecule is CC(C)c1cccc(OC(F)F)c1F. The highest BCUT2D eigenvalue weighted by Crippen LogP contribution is 2.26. The normalized spacial score (nSPS) is 11.1. The van der Waals surface area contributed by atoms with Crippen LogP contribution in [0.3, 0.4) is 0 Å². The van der Waals surface area contributed by atoms with Gasteiger partial charge in [-0.05, 0) is 17.5 Å². The van der Waals surface area contributed by atoms with Gasteiger partial charge in [0.05, 0.1) is 0 Å². The highest BCUT2D eigenvalue weighted by molar-refractivity contribution is 5.32. The summed E-state index contributed by atoms with van der Waals surface area (Å²) < 4.78 is 41.1. The third-order valence-corrected chi connectivity index (χ3v) is 1.83. The van der Waals surface area contributed by atoms with E-state index in [1.807, 2.05) is 0 Å². The van der Waals surface area contributed by atoms with E-state index in [-0.39, 0.29) is 5.92 Å². The van der Waals surface area contributed by atoms with Gasteiger partial charge in [0.1, 0.15) is 0 Å². The fourth-order valence-electron chi connectivity index (χ4n) is 1.16. The molecule has 14 heavy (non-hydrogen) atoms. The maximum Gasteiger partial charge on any atom is 0.387 e. The molecule has 1 aromatic carbocycles. The third kappa shape index (κ3) is 2.40. The highest BCUT2D eigenvalue weighted by Gasteiger charge is 2.14. The summed E-state index contributed by atoms with van der Waals surface area (Å²) in [5.74, 6) is -1.16. The first-order valence-electron chi connectivity index (χ1n) is 4.25. The Balaban J connectivity index is 3.01. The lowest BCUT2D eigenvalue weighted by Gasteiger charge is -2.11. The molecule has 0 saturated heterocycles. The Morgan fingerprint density at radius 2 is 1.86 bits per heavy atom. The maximum absolute atomic E-state index is 13.4. The van der Waals surface area contributed by atoms with Crippen LogP contribution < -0.4 is 4.74 Å². The second kappa shape index (κ2) is 4.35. The number of hydrogen-bond acceptors (Lipinski definition) is 1. The minimum atomic E-state index is -2.99. The minimum Gasteiger partial charge on any atom is -0.432 e. The molecule has 78 valence electrons. The molecule has 0 spiro atoms. The number of halogens is 3. The number of hydrogen-bond donors (Lipinski definition) is 0. The van der Waals surface area contributed by atoms with Crippen LogP contribution in [0.15, 0.2) is 18.2 Å². The van der Waals surface area contributed by atoms with Gasteiger partial charge in [-0.3, -0.25) is 0 Å². The lowest BCUT2D eigenvalue weighted by Crippen LogP contribution is -2.05. The minimum absolute atomic E-state index is 0.0591. The van der Waals surface area contributed by atoms with Gasteiger partial charge < -0.3 is 4.74 Å². The van der Waals surface area contributed by atoms with Crippen molar-refractivity contribution >= 4 is 0 Å². The van der Waals surface area contributed by atoms with E-state index in [0.29, 0.717) is 5.56 Å². The molecule has 0 saturated carbocycles. The van der Waals surface area contributed by atoms with Crippen LogP contribution in [0.1, 0.15) is 25.3 Å². The van der Waals surface area contributed by atoms with Gasteiger partial charge in [-0.1, -0.05) is 26.0 Å². The summed E-state index contributed by atoms with van der Waals surface area (Å²) >= 11 is 0. The van der Waals surface area contributed by atoms with Gasteiger partial charge in [0.2, 0.25) is 0 Å². The zero-order valence-corrected chi connectivity index (χ0v) is 7.93. The number of alkyl halides is 2. The monoisotopic (exact) mass is 204 g/mol. The Morgan fingerprint density at radius 3 is 2.36 bits per heavy atom. The Kier molecular flexibility index (Phi) is 3.38. The number of rotatable bonds is 3. The predicted octanol–water partition coefficient (Wildman–Crippen LogP) is 3.55. The van der Waals surface area contributed by atoms with E-state index >= 15 is 0 Å². The van der Waals surface area contributed by atoms with Gasteiger partial charge in [0.25, 0.3) is 0 Å². The molecule has 0 aromatic heterocycles. The first kappa shape index (κ1) is 10.9. The first-order chi connectivity index (χ1) is 6.52. The Morgan fingerprint density at radius 1 is 1.21 bits per heavy atom. The third-order valence-electron chi connectivity index (χ3n) is 1.83. The molecule has 0 atom stereocenters. The first-order valence-corrected chi connectivity index (χ1v) is 4.25. The standard InChI is InChI=1S/C10H11F3O/c1-6(2)7-4-3-5-8(9(7)11)14-10(12)13/h3-6,10H,1-2H3. The zero-order valence-electron chi connectivity index (χ0n) is 7.93. The number of ether oxygens (including phenoxy) is 1. The molecule has 1 aromatic rings. The highest BCUT2D eigenvalue weighted by atomic mass is 19.3. The van der Waals surface area contributed by atoms with E-state index in [0.717, 1.165) is 0 Å².